The minimum absolute atomic E-state index is 0.0540. The van der Waals surface area contributed by atoms with E-state index in [0.717, 1.165) is 38.8 Å². The summed E-state index contributed by atoms with van der Waals surface area (Å²) in [6.07, 6.45) is 4.47. The van der Waals surface area contributed by atoms with Crippen LogP contribution in [0, 0.1) is 0 Å². The Morgan fingerprint density at radius 2 is 1.95 bits per heavy atom. The zero-order chi connectivity index (χ0) is 15.9. The standard InChI is InChI=1S/C16H32N2O3/c1-16(2,3)18-12-13(19)11-14(18)15(20)17-9-7-5-6-8-10-21-4/h13-14,19H,5-12H2,1-4H3,(H,17,20). The minimum Gasteiger partial charge on any atom is -0.392 e. The van der Waals surface area contributed by atoms with Crippen molar-refractivity contribution in [3.05, 3.63) is 0 Å². The van der Waals surface area contributed by atoms with E-state index in [1.165, 1.54) is 0 Å². The van der Waals surface area contributed by atoms with E-state index in [0.29, 0.717) is 13.0 Å². The number of hydrogen-bond donors (Lipinski definition) is 2. The number of carbonyl (C=O) groups excluding carboxylic acids is 1. The number of aliphatic hydroxyl groups excluding tert-OH is 1. The van der Waals surface area contributed by atoms with Gasteiger partial charge >= 0.3 is 0 Å². The first-order valence-corrected chi connectivity index (χ1v) is 8.07. The third kappa shape index (κ3) is 6.32. The van der Waals surface area contributed by atoms with E-state index in [1.807, 2.05) is 0 Å². The second kappa shape index (κ2) is 8.71. The van der Waals surface area contributed by atoms with E-state index in [4.69, 9.17) is 4.74 Å². The summed E-state index contributed by atoms with van der Waals surface area (Å²) in [6.45, 7) is 8.37. The predicted octanol–water partition coefficient (Wildman–Crippen LogP) is 1.54. The second-order valence-electron chi connectivity index (χ2n) is 6.93. The van der Waals surface area contributed by atoms with E-state index in [2.05, 4.69) is 31.0 Å². The molecule has 0 saturated carbocycles. The van der Waals surface area contributed by atoms with E-state index in [-0.39, 0.29) is 17.5 Å². The zero-order valence-electron chi connectivity index (χ0n) is 14.0. The van der Waals surface area contributed by atoms with Crippen molar-refractivity contribution >= 4 is 5.91 Å². The maximum Gasteiger partial charge on any atom is 0.237 e. The van der Waals surface area contributed by atoms with Crippen LogP contribution in [-0.2, 0) is 9.53 Å². The van der Waals surface area contributed by atoms with E-state index >= 15 is 0 Å². The number of ether oxygens (including phenoxy) is 1. The van der Waals surface area contributed by atoms with Crippen LogP contribution in [0.25, 0.3) is 0 Å². The highest BCUT2D eigenvalue weighted by Crippen LogP contribution is 2.26. The van der Waals surface area contributed by atoms with Gasteiger partial charge in [0.2, 0.25) is 5.91 Å². The molecule has 0 aromatic rings. The van der Waals surface area contributed by atoms with Gasteiger partial charge in [0.15, 0.2) is 0 Å². The Kier molecular flexibility index (Phi) is 7.63. The Labute approximate surface area is 129 Å². The zero-order valence-corrected chi connectivity index (χ0v) is 14.0. The fourth-order valence-corrected chi connectivity index (χ4v) is 2.86. The Balaban J connectivity index is 2.27. The van der Waals surface area contributed by atoms with Crippen LogP contribution < -0.4 is 5.32 Å². The lowest BCUT2D eigenvalue weighted by Gasteiger charge is -2.36. The summed E-state index contributed by atoms with van der Waals surface area (Å²) >= 11 is 0. The molecule has 1 aliphatic rings. The van der Waals surface area contributed by atoms with Gasteiger partial charge in [-0.15, -0.1) is 0 Å². The lowest BCUT2D eigenvalue weighted by atomic mass is 10.0. The molecule has 1 heterocycles. The van der Waals surface area contributed by atoms with Crippen LogP contribution in [0.1, 0.15) is 52.9 Å². The average molecular weight is 300 g/mol. The quantitative estimate of drug-likeness (QED) is 0.668. The van der Waals surface area contributed by atoms with Gasteiger partial charge in [0.1, 0.15) is 0 Å². The second-order valence-corrected chi connectivity index (χ2v) is 6.93. The number of rotatable bonds is 8. The van der Waals surface area contributed by atoms with Crippen molar-refractivity contribution in [1.82, 2.24) is 10.2 Å². The third-order valence-corrected chi connectivity index (χ3v) is 4.02. The van der Waals surface area contributed by atoms with Crippen LogP contribution in [0.4, 0.5) is 0 Å². The van der Waals surface area contributed by atoms with Crippen LogP contribution in [0.5, 0.6) is 0 Å². The SMILES string of the molecule is COCCCCCCNC(=O)C1CC(O)CN1C(C)(C)C. The number of β-amino-alcohol motifs (C(OH)–C–C–N with tert-alkyl or cyclic N) is 1. The number of nitrogens with zero attached hydrogens (tertiary/aromatic N) is 1. The molecule has 1 fully saturated rings. The fraction of sp³-hybridized carbons (Fsp3) is 0.938. The molecule has 2 N–H and O–H groups in total. The summed E-state index contributed by atoms with van der Waals surface area (Å²) in [4.78, 5) is 14.4. The highest BCUT2D eigenvalue weighted by atomic mass is 16.5. The third-order valence-electron chi connectivity index (χ3n) is 4.02. The summed E-state index contributed by atoms with van der Waals surface area (Å²) < 4.78 is 5.01. The van der Waals surface area contributed by atoms with Crippen LogP contribution in [-0.4, -0.2) is 60.4 Å². The number of aliphatic hydroxyl groups is 1. The molecule has 0 bridgehead atoms. The molecule has 21 heavy (non-hydrogen) atoms. The Morgan fingerprint density at radius 3 is 2.57 bits per heavy atom. The number of likely N-dealkylation sites (tertiary alicyclic amines) is 1. The van der Waals surface area contributed by atoms with E-state index in [9.17, 15) is 9.90 Å². The van der Waals surface area contributed by atoms with Crippen molar-refractivity contribution in [3.63, 3.8) is 0 Å². The van der Waals surface area contributed by atoms with Crippen LogP contribution in [0.2, 0.25) is 0 Å². The molecular formula is C16H32N2O3. The molecule has 0 aromatic carbocycles. The molecule has 0 radical (unpaired) electrons. The fourth-order valence-electron chi connectivity index (χ4n) is 2.86. The summed E-state index contributed by atoms with van der Waals surface area (Å²) in [5.41, 5.74) is -0.0976. The van der Waals surface area contributed by atoms with Crippen molar-refractivity contribution in [2.45, 2.75) is 70.6 Å². The topological polar surface area (TPSA) is 61.8 Å². The number of unbranched alkanes of at least 4 members (excludes halogenated alkanes) is 3. The molecule has 5 heteroatoms. The van der Waals surface area contributed by atoms with Gasteiger partial charge in [-0.2, -0.15) is 0 Å². The molecule has 0 aliphatic carbocycles. The first-order chi connectivity index (χ1) is 9.86. The average Bonchev–Trinajstić information content (AvgIpc) is 2.80. The van der Waals surface area contributed by atoms with E-state index < -0.39 is 6.10 Å². The Bertz CT molecular complexity index is 315. The number of carbonyl (C=O) groups is 1. The first-order valence-electron chi connectivity index (χ1n) is 8.07. The van der Waals surface area contributed by atoms with Gasteiger partial charge < -0.3 is 15.2 Å². The molecule has 1 rings (SSSR count). The van der Waals surface area contributed by atoms with Crippen LogP contribution in [0.3, 0.4) is 0 Å². The van der Waals surface area contributed by atoms with Crippen molar-refractivity contribution in [2.75, 3.05) is 26.8 Å². The molecular weight excluding hydrogens is 268 g/mol. The van der Waals surface area contributed by atoms with Gasteiger partial charge in [0, 0.05) is 32.3 Å². The van der Waals surface area contributed by atoms with E-state index in [1.54, 1.807) is 7.11 Å². The lowest BCUT2D eigenvalue weighted by molar-refractivity contribution is -0.127. The van der Waals surface area contributed by atoms with Crippen molar-refractivity contribution in [1.29, 1.82) is 0 Å². The van der Waals surface area contributed by atoms with Crippen molar-refractivity contribution < 1.29 is 14.6 Å². The summed E-state index contributed by atoms with van der Waals surface area (Å²) in [5, 5.41) is 12.9. The monoisotopic (exact) mass is 300 g/mol. The normalized spacial score (nSPS) is 23.5. The lowest BCUT2D eigenvalue weighted by Crippen LogP contribution is -2.51. The summed E-state index contributed by atoms with van der Waals surface area (Å²) in [7, 11) is 1.72. The summed E-state index contributed by atoms with van der Waals surface area (Å²) in [5.74, 6) is 0.0540. The predicted molar refractivity (Wildman–Crippen MR) is 84.2 cm³/mol. The number of nitrogens with one attached hydrogen (secondary N) is 1. The molecule has 2 unspecified atom stereocenters. The van der Waals surface area contributed by atoms with Crippen LogP contribution >= 0.6 is 0 Å². The number of methoxy groups -OCH3 is 1. The molecule has 5 nitrogen and oxygen atoms in total. The van der Waals surface area contributed by atoms with Crippen molar-refractivity contribution in [3.8, 4) is 0 Å². The highest BCUT2D eigenvalue weighted by molar-refractivity contribution is 5.82. The molecule has 0 aromatic heterocycles. The smallest absolute Gasteiger partial charge is 0.237 e. The number of amides is 1. The molecule has 1 saturated heterocycles. The summed E-state index contributed by atoms with van der Waals surface area (Å²) in [6, 6.07) is -0.200. The molecule has 1 amide bonds. The molecule has 2 atom stereocenters. The van der Waals surface area contributed by atoms with Crippen LogP contribution in [0.15, 0.2) is 0 Å². The van der Waals surface area contributed by atoms with Gasteiger partial charge in [0.25, 0.3) is 0 Å². The molecule has 1 aliphatic heterocycles. The first kappa shape index (κ1) is 18.4. The van der Waals surface area contributed by atoms with Gasteiger partial charge in [-0.25, -0.2) is 0 Å². The maximum absolute atomic E-state index is 12.3. The van der Waals surface area contributed by atoms with Crippen molar-refractivity contribution in [2.24, 2.45) is 0 Å². The maximum atomic E-state index is 12.3. The molecule has 124 valence electrons. The van der Waals surface area contributed by atoms with Gasteiger partial charge in [-0.3, -0.25) is 9.69 Å². The largest absolute Gasteiger partial charge is 0.392 e. The van der Waals surface area contributed by atoms with Gasteiger partial charge in [0.05, 0.1) is 12.1 Å². The van der Waals surface area contributed by atoms with Gasteiger partial charge in [-0.1, -0.05) is 12.8 Å². The number of hydrogen-bond acceptors (Lipinski definition) is 4. The van der Waals surface area contributed by atoms with Gasteiger partial charge in [-0.05, 0) is 40.0 Å². The molecule has 0 spiro atoms. The highest BCUT2D eigenvalue weighted by Gasteiger charge is 2.41. The Morgan fingerprint density at radius 1 is 1.29 bits per heavy atom. The Hall–Kier alpha value is -0.650. The minimum atomic E-state index is -0.394.